The molecule has 2 rings (SSSR count). The van der Waals surface area contributed by atoms with E-state index in [-0.39, 0.29) is 12.5 Å². The summed E-state index contributed by atoms with van der Waals surface area (Å²) in [5, 5.41) is 6.94. The van der Waals surface area contributed by atoms with Crippen LogP contribution in [-0.2, 0) is 4.79 Å². The van der Waals surface area contributed by atoms with Crippen molar-refractivity contribution < 1.29 is 14.3 Å². The average molecular weight is 346 g/mol. The van der Waals surface area contributed by atoms with Crippen molar-refractivity contribution in [1.29, 1.82) is 0 Å². The summed E-state index contributed by atoms with van der Waals surface area (Å²) in [5.41, 5.74) is 3.57. The van der Waals surface area contributed by atoms with Crippen LogP contribution < -0.4 is 15.5 Å². The highest BCUT2D eigenvalue weighted by Gasteiger charge is 2.07. The molecule has 24 heavy (non-hydrogen) atoms. The van der Waals surface area contributed by atoms with E-state index >= 15 is 0 Å². The lowest BCUT2D eigenvalue weighted by molar-refractivity contribution is -0.120. The van der Waals surface area contributed by atoms with Crippen molar-refractivity contribution in [1.82, 2.24) is 10.7 Å². The van der Waals surface area contributed by atoms with Crippen molar-refractivity contribution >= 4 is 29.6 Å². The van der Waals surface area contributed by atoms with Gasteiger partial charge in [0.1, 0.15) is 5.75 Å². The van der Waals surface area contributed by atoms with Gasteiger partial charge in [-0.3, -0.25) is 9.59 Å². The first kappa shape index (κ1) is 17.5. The number of benzene rings is 2. The molecule has 0 aliphatic heterocycles. The first-order valence-corrected chi connectivity index (χ1v) is 7.46. The first-order chi connectivity index (χ1) is 11.6. The highest BCUT2D eigenvalue weighted by atomic mass is 35.5. The lowest BCUT2D eigenvalue weighted by Gasteiger charge is -2.05. The van der Waals surface area contributed by atoms with E-state index in [1.54, 1.807) is 55.6 Å². The number of ether oxygens (including phenoxy) is 1. The molecule has 0 unspecified atom stereocenters. The van der Waals surface area contributed by atoms with E-state index in [0.29, 0.717) is 16.3 Å². The number of halogens is 1. The Morgan fingerprint density at radius 1 is 1.12 bits per heavy atom. The molecule has 0 aliphatic carbocycles. The molecule has 0 aliphatic rings. The van der Waals surface area contributed by atoms with Gasteiger partial charge >= 0.3 is 0 Å². The Balaban J connectivity index is 1.77. The molecule has 7 heteroatoms. The number of nitrogens with one attached hydrogen (secondary N) is 2. The van der Waals surface area contributed by atoms with Crippen LogP contribution >= 0.6 is 11.6 Å². The Morgan fingerprint density at radius 3 is 2.42 bits per heavy atom. The third-order valence-corrected chi connectivity index (χ3v) is 3.29. The first-order valence-electron chi connectivity index (χ1n) is 7.08. The Hall–Kier alpha value is -2.86. The minimum Gasteiger partial charge on any atom is -0.497 e. The van der Waals surface area contributed by atoms with Crippen molar-refractivity contribution in [2.45, 2.75) is 0 Å². The van der Waals surface area contributed by atoms with Crippen LogP contribution in [0.15, 0.2) is 53.6 Å². The van der Waals surface area contributed by atoms with Gasteiger partial charge in [0.05, 0.1) is 19.9 Å². The van der Waals surface area contributed by atoms with Gasteiger partial charge in [0.25, 0.3) is 11.8 Å². The van der Waals surface area contributed by atoms with Crippen LogP contribution in [0.5, 0.6) is 5.75 Å². The number of hydrogen-bond acceptors (Lipinski definition) is 4. The molecule has 2 N–H and O–H groups in total. The molecular formula is C17H16ClN3O3. The van der Waals surface area contributed by atoms with Crippen molar-refractivity contribution in [3.05, 3.63) is 64.7 Å². The minimum atomic E-state index is -0.429. The summed E-state index contributed by atoms with van der Waals surface area (Å²) < 4.78 is 5.02. The van der Waals surface area contributed by atoms with Gasteiger partial charge in [0, 0.05) is 10.6 Å². The Labute approximate surface area is 144 Å². The minimum absolute atomic E-state index is 0.178. The summed E-state index contributed by atoms with van der Waals surface area (Å²) in [5.74, 6) is -0.127. The van der Waals surface area contributed by atoms with Gasteiger partial charge in [-0.25, -0.2) is 5.43 Å². The summed E-state index contributed by atoms with van der Waals surface area (Å²) in [6, 6.07) is 13.6. The van der Waals surface area contributed by atoms with Crippen LogP contribution in [0, 0.1) is 0 Å². The molecule has 0 saturated carbocycles. The predicted octanol–water partition coefficient (Wildman–Crippen LogP) is 2.23. The van der Waals surface area contributed by atoms with E-state index in [9.17, 15) is 9.59 Å². The van der Waals surface area contributed by atoms with Gasteiger partial charge in [-0.05, 0) is 42.0 Å². The topological polar surface area (TPSA) is 79.8 Å². The smallest absolute Gasteiger partial charge is 0.259 e. The number of hydrazone groups is 1. The number of nitrogens with zero attached hydrogens (tertiary/aromatic N) is 1. The predicted molar refractivity (Wildman–Crippen MR) is 92.5 cm³/mol. The zero-order valence-electron chi connectivity index (χ0n) is 13.0. The third kappa shape index (κ3) is 5.40. The summed E-state index contributed by atoms with van der Waals surface area (Å²) in [6.45, 7) is -0.178. The van der Waals surface area contributed by atoms with E-state index in [1.165, 1.54) is 6.21 Å². The van der Waals surface area contributed by atoms with E-state index in [4.69, 9.17) is 16.3 Å². The summed E-state index contributed by atoms with van der Waals surface area (Å²) >= 11 is 5.77. The van der Waals surface area contributed by atoms with Crippen LogP contribution in [0.1, 0.15) is 15.9 Å². The molecule has 0 aromatic heterocycles. The largest absolute Gasteiger partial charge is 0.497 e. The van der Waals surface area contributed by atoms with Crippen molar-refractivity contribution in [3.63, 3.8) is 0 Å². The van der Waals surface area contributed by atoms with Gasteiger partial charge < -0.3 is 10.1 Å². The van der Waals surface area contributed by atoms with Crippen molar-refractivity contribution in [2.24, 2.45) is 5.10 Å². The highest BCUT2D eigenvalue weighted by Crippen LogP contribution is 2.11. The lowest BCUT2D eigenvalue weighted by atomic mass is 10.2. The van der Waals surface area contributed by atoms with E-state index in [0.717, 1.165) is 5.56 Å². The second kappa shape index (κ2) is 8.69. The third-order valence-electron chi connectivity index (χ3n) is 3.03. The normalized spacial score (nSPS) is 10.4. The van der Waals surface area contributed by atoms with Crippen LogP contribution in [0.4, 0.5) is 0 Å². The Kier molecular flexibility index (Phi) is 6.33. The molecule has 0 bridgehead atoms. The van der Waals surface area contributed by atoms with Gasteiger partial charge in [-0.2, -0.15) is 5.10 Å². The highest BCUT2D eigenvalue weighted by molar-refractivity contribution is 6.30. The van der Waals surface area contributed by atoms with Crippen LogP contribution in [0.2, 0.25) is 5.02 Å². The second-order valence-electron chi connectivity index (χ2n) is 4.76. The Bertz CT molecular complexity index is 728. The number of hydrogen-bond donors (Lipinski definition) is 2. The van der Waals surface area contributed by atoms with Crippen LogP contribution in [-0.4, -0.2) is 31.7 Å². The van der Waals surface area contributed by atoms with E-state index in [2.05, 4.69) is 15.8 Å². The number of carbonyl (C=O) groups is 2. The van der Waals surface area contributed by atoms with E-state index in [1.807, 2.05) is 0 Å². The van der Waals surface area contributed by atoms with Crippen LogP contribution in [0.25, 0.3) is 0 Å². The average Bonchev–Trinajstić information content (AvgIpc) is 2.61. The zero-order valence-corrected chi connectivity index (χ0v) is 13.7. The molecule has 0 fully saturated rings. The number of methoxy groups -OCH3 is 1. The van der Waals surface area contributed by atoms with Crippen molar-refractivity contribution in [3.8, 4) is 5.75 Å². The van der Waals surface area contributed by atoms with Crippen molar-refractivity contribution in [2.75, 3.05) is 13.7 Å². The standard InChI is InChI=1S/C17H16ClN3O3/c1-24-15-8-4-13(5-9-15)17(23)19-11-16(22)21-20-10-12-2-6-14(18)7-3-12/h2-10H,11H2,1H3,(H,19,23)(H,21,22)/b20-10+. The number of amides is 2. The van der Waals surface area contributed by atoms with Gasteiger partial charge in [-0.1, -0.05) is 23.7 Å². The SMILES string of the molecule is COc1ccc(C(=O)NCC(=O)N/N=C/c2ccc(Cl)cc2)cc1. The van der Waals surface area contributed by atoms with Crippen LogP contribution in [0.3, 0.4) is 0 Å². The fourth-order valence-electron chi connectivity index (χ4n) is 1.77. The monoisotopic (exact) mass is 345 g/mol. The summed E-state index contributed by atoms with van der Waals surface area (Å²) in [6.07, 6.45) is 1.49. The molecule has 0 spiro atoms. The summed E-state index contributed by atoms with van der Waals surface area (Å²) in [7, 11) is 1.55. The zero-order chi connectivity index (χ0) is 17.4. The van der Waals surface area contributed by atoms with E-state index < -0.39 is 5.91 Å². The molecule has 0 atom stereocenters. The van der Waals surface area contributed by atoms with Gasteiger partial charge in [0.2, 0.25) is 0 Å². The molecule has 0 saturated heterocycles. The lowest BCUT2D eigenvalue weighted by Crippen LogP contribution is -2.34. The molecule has 0 heterocycles. The van der Waals surface area contributed by atoms with Gasteiger partial charge in [0.15, 0.2) is 0 Å². The molecule has 2 aromatic rings. The molecular weight excluding hydrogens is 330 g/mol. The molecule has 2 aromatic carbocycles. The maximum absolute atomic E-state index is 11.9. The fourth-order valence-corrected chi connectivity index (χ4v) is 1.90. The molecule has 2 amide bonds. The quantitative estimate of drug-likeness (QED) is 0.622. The fraction of sp³-hybridized carbons (Fsp3) is 0.118. The number of carbonyl (C=O) groups excluding carboxylic acids is 2. The maximum atomic E-state index is 11.9. The molecule has 6 nitrogen and oxygen atoms in total. The molecule has 0 radical (unpaired) electrons. The second-order valence-corrected chi connectivity index (χ2v) is 5.19. The number of rotatable bonds is 6. The Morgan fingerprint density at radius 2 is 1.79 bits per heavy atom. The molecule has 124 valence electrons. The summed E-state index contributed by atoms with van der Waals surface area (Å²) in [4.78, 5) is 23.5. The van der Waals surface area contributed by atoms with Gasteiger partial charge in [-0.15, -0.1) is 0 Å². The maximum Gasteiger partial charge on any atom is 0.259 e.